The van der Waals surface area contributed by atoms with E-state index in [4.69, 9.17) is 21.7 Å². The molecule has 0 aliphatic rings. The molecule has 29 heavy (non-hydrogen) atoms. The minimum atomic E-state index is -1.57. The van der Waals surface area contributed by atoms with Crippen molar-refractivity contribution in [2.24, 2.45) is 17.4 Å². The molecular weight excluding hydrogens is 390 g/mol. The largest absolute Gasteiger partial charge is 0.481 e. The number of rotatable bonds is 12. The molecule has 0 saturated carbocycles. The first-order chi connectivity index (χ1) is 13.3. The Bertz CT molecular complexity index is 666. The number of aliphatic carboxylic acids is 2. The second-order valence-electron chi connectivity index (χ2n) is 6.73. The van der Waals surface area contributed by atoms with Crippen molar-refractivity contribution in [3.63, 3.8) is 0 Å². The zero-order valence-electron chi connectivity index (χ0n) is 16.3. The van der Waals surface area contributed by atoms with Gasteiger partial charge >= 0.3 is 11.9 Å². The van der Waals surface area contributed by atoms with Crippen LogP contribution in [0.2, 0.25) is 0 Å². The van der Waals surface area contributed by atoms with Gasteiger partial charge in [0.05, 0.1) is 18.9 Å². The molecule has 0 fully saturated rings. The average Bonchev–Trinajstić information content (AvgIpc) is 2.56. The molecule has 0 aliphatic carbocycles. The number of nitrogens with two attached hydrogens (primary N) is 2. The molecule has 0 radical (unpaired) electrons. The molecule has 0 aliphatic heterocycles. The SMILES string of the molecule is CC(NC(=O)C(N)CC(=O)O)C(=O)NC(C(=O)NC(CC(N)=O)C(=O)O)C(C)C. The maximum absolute atomic E-state index is 12.4. The van der Waals surface area contributed by atoms with E-state index in [1.807, 2.05) is 0 Å². The van der Waals surface area contributed by atoms with Crippen LogP contribution in [0.25, 0.3) is 0 Å². The van der Waals surface area contributed by atoms with Crippen LogP contribution in [0.3, 0.4) is 0 Å². The lowest BCUT2D eigenvalue weighted by molar-refractivity contribution is -0.144. The zero-order valence-corrected chi connectivity index (χ0v) is 16.3. The first-order valence-electron chi connectivity index (χ1n) is 8.65. The van der Waals surface area contributed by atoms with Crippen molar-refractivity contribution in [2.75, 3.05) is 0 Å². The van der Waals surface area contributed by atoms with Crippen LogP contribution < -0.4 is 27.4 Å². The van der Waals surface area contributed by atoms with E-state index in [-0.39, 0.29) is 0 Å². The predicted octanol–water partition coefficient (Wildman–Crippen LogP) is -3.12. The third kappa shape index (κ3) is 9.51. The molecule has 4 amide bonds. The van der Waals surface area contributed by atoms with E-state index in [1.54, 1.807) is 13.8 Å². The van der Waals surface area contributed by atoms with Gasteiger partial charge in [0.25, 0.3) is 0 Å². The number of carboxylic acids is 2. The molecule has 0 saturated heterocycles. The van der Waals surface area contributed by atoms with Crippen molar-refractivity contribution < 1.29 is 39.0 Å². The molecule has 4 unspecified atom stereocenters. The molecule has 4 atom stereocenters. The van der Waals surface area contributed by atoms with Crippen LogP contribution in [0.15, 0.2) is 0 Å². The van der Waals surface area contributed by atoms with E-state index in [1.165, 1.54) is 6.92 Å². The second-order valence-corrected chi connectivity index (χ2v) is 6.73. The second kappa shape index (κ2) is 11.6. The average molecular weight is 417 g/mol. The summed E-state index contributed by atoms with van der Waals surface area (Å²) in [6.45, 7) is 4.46. The monoisotopic (exact) mass is 417 g/mol. The Morgan fingerprint density at radius 1 is 0.828 bits per heavy atom. The highest BCUT2D eigenvalue weighted by Crippen LogP contribution is 2.04. The Hall–Kier alpha value is -3.22. The van der Waals surface area contributed by atoms with Gasteiger partial charge in [-0.3, -0.25) is 24.0 Å². The number of carbonyl (C=O) groups is 6. The maximum atomic E-state index is 12.4. The summed E-state index contributed by atoms with van der Waals surface area (Å²) in [5, 5.41) is 24.4. The highest BCUT2D eigenvalue weighted by molar-refractivity contribution is 5.95. The fourth-order valence-corrected chi connectivity index (χ4v) is 2.14. The molecule has 164 valence electrons. The lowest BCUT2D eigenvalue weighted by atomic mass is 10.0. The Morgan fingerprint density at radius 2 is 1.38 bits per heavy atom. The summed E-state index contributed by atoms with van der Waals surface area (Å²) in [4.78, 5) is 69.1. The van der Waals surface area contributed by atoms with Crippen molar-refractivity contribution in [3.05, 3.63) is 0 Å². The molecule has 13 heteroatoms. The molecule has 0 aromatic heterocycles. The summed E-state index contributed by atoms with van der Waals surface area (Å²) < 4.78 is 0. The van der Waals surface area contributed by atoms with E-state index in [0.717, 1.165) is 0 Å². The summed E-state index contributed by atoms with van der Waals surface area (Å²) in [5.41, 5.74) is 10.4. The molecular formula is C16H27N5O8. The van der Waals surface area contributed by atoms with Gasteiger partial charge in [0.1, 0.15) is 18.1 Å². The number of primary amides is 1. The van der Waals surface area contributed by atoms with Gasteiger partial charge in [-0.15, -0.1) is 0 Å². The highest BCUT2D eigenvalue weighted by atomic mass is 16.4. The fraction of sp³-hybridized carbons (Fsp3) is 0.625. The van der Waals surface area contributed by atoms with Crippen molar-refractivity contribution in [3.8, 4) is 0 Å². The molecule has 0 spiro atoms. The molecule has 0 bridgehead atoms. The third-order valence-electron chi connectivity index (χ3n) is 3.75. The number of amides is 4. The van der Waals surface area contributed by atoms with E-state index in [0.29, 0.717) is 0 Å². The topological polar surface area (TPSA) is 231 Å². The van der Waals surface area contributed by atoms with E-state index < -0.39 is 78.5 Å². The molecule has 0 heterocycles. The molecule has 0 aromatic carbocycles. The number of nitrogens with one attached hydrogen (secondary N) is 3. The summed E-state index contributed by atoms with van der Waals surface area (Å²) in [6.07, 6.45) is -1.26. The zero-order chi connectivity index (χ0) is 22.9. The van der Waals surface area contributed by atoms with Gasteiger partial charge in [-0.25, -0.2) is 4.79 Å². The molecule has 9 N–H and O–H groups in total. The number of hydrogen-bond donors (Lipinski definition) is 7. The van der Waals surface area contributed by atoms with Gasteiger partial charge in [-0.1, -0.05) is 13.8 Å². The minimum Gasteiger partial charge on any atom is -0.481 e. The lowest BCUT2D eigenvalue weighted by Gasteiger charge is -2.25. The van der Waals surface area contributed by atoms with Crippen LogP contribution in [0.5, 0.6) is 0 Å². The van der Waals surface area contributed by atoms with Crippen molar-refractivity contribution in [1.82, 2.24) is 16.0 Å². The van der Waals surface area contributed by atoms with Gasteiger partial charge in [-0.05, 0) is 12.8 Å². The van der Waals surface area contributed by atoms with E-state index in [9.17, 15) is 28.8 Å². The van der Waals surface area contributed by atoms with Gasteiger partial charge in [-0.2, -0.15) is 0 Å². The number of carboxylic acid groups (broad SMARTS) is 2. The van der Waals surface area contributed by atoms with Gasteiger partial charge < -0.3 is 37.6 Å². The standard InChI is InChI=1S/C16H27N5O8/c1-6(2)12(15(27)20-9(16(28)29)5-10(18)22)21-13(25)7(3)19-14(26)8(17)4-11(23)24/h6-9,12H,4-5,17H2,1-3H3,(H2,18,22)(H,19,26)(H,20,27)(H,21,25)(H,23,24)(H,28,29). The van der Waals surface area contributed by atoms with Crippen LogP contribution in [0.1, 0.15) is 33.6 Å². The van der Waals surface area contributed by atoms with Crippen LogP contribution in [-0.4, -0.2) is 69.9 Å². The fourth-order valence-electron chi connectivity index (χ4n) is 2.14. The van der Waals surface area contributed by atoms with Crippen LogP contribution in [-0.2, 0) is 28.8 Å². The van der Waals surface area contributed by atoms with E-state index >= 15 is 0 Å². The lowest BCUT2D eigenvalue weighted by Crippen LogP contribution is -2.58. The quantitative estimate of drug-likeness (QED) is 0.170. The van der Waals surface area contributed by atoms with Crippen LogP contribution >= 0.6 is 0 Å². The van der Waals surface area contributed by atoms with E-state index in [2.05, 4.69) is 16.0 Å². The molecule has 0 rings (SSSR count). The van der Waals surface area contributed by atoms with Crippen molar-refractivity contribution >= 4 is 35.6 Å². The summed E-state index contributed by atoms with van der Waals surface area (Å²) >= 11 is 0. The Balaban J connectivity index is 5.04. The normalized spacial score (nSPS) is 14.8. The smallest absolute Gasteiger partial charge is 0.326 e. The summed E-state index contributed by atoms with van der Waals surface area (Å²) in [5.74, 6) is -6.67. The van der Waals surface area contributed by atoms with Gasteiger partial charge in [0, 0.05) is 0 Å². The minimum absolute atomic E-state index is 0.473. The van der Waals surface area contributed by atoms with Crippen LogP contribution in [0.4, 0.5) is 0 Å². The Morgan fingerprint density at radius 3 is 1.79 bits per heavy atom. The first-order valence-corrected chi connectivity index (χ1v) is 8.65. The Kier molecular flexibility index (Phi) is 10.3. The van der Waals surface area contributed by atoms with Crippen molar-refractivity contribution in [2.45, 2.75) is 57.8 Å². The van der Waals surface area contributed by atoms with Gasteiger partial charge in [0.15, 0.2) is 0 Å². The Labute approximate surface area is 166 Å². The summed E-state index contributed by atoms with van der Waals surface area (Å²) in [6, 6.07) is -5.26. The van der Waals surface area contributed by atoms with Gasteiger partial charge in [0.2, 0.25) is 23.6 Å². The third-order valence-corrected chi connectivity index (χ3v) is 3.75. The maximum Gasteiger partial charge on any atom is 0.326 e. The predicted molar refractivity (Wildman–Crippen MR) is 98.0 cm³/mol. The number of carbonyl (C=O) groups excluding carboxylic acids is 4. The van der Waals surface area contributed by atoms with Crippen LogP contribution in [0, 0.1) is 5.92 Å². The molecule has 13 nitrogen and oxygen atoms in total. The molecule has 0 aromatic rings. The summed E-state index contributed by atoms with van der Waals surface area (Å²) in [7, 11) is 0. The first kappa shape index (κ1) is 25.8. The van der Waals surface area contributed by atoms with Crippen molar-refractivity contribution in [1.29, 1.82) is 0 Å². The number of hydrogen-bond acceptors (Lipinski definition) is 7. The highest BCUT2D eigenvalue weighted by Gasteiger charge is 2.31.